The fourth-order valence-corrected chi connectivity index (χ4v) is 2.74. The van der Waals surface area contributed by atoms with Crippen LogP contribution in [0.25, 0.3) is 0 Å². The monoisotopic (exact) mass is 340 g/mol. The Morgan fingerprint density at radius 1 is 0.880 bits per heavy atom. The van der Waals surface area contributed by atoms with Gasteiger partial charge in [-0.05, 0) is 24.3 Å². The van der Waals surface area contributed by atoms with E-state index in [0.29, 0.717) is 31.9 Å². The van der Waals surface area contributed by atoms with Crippen molar-refractivity contribution < 1.29 is 19.4 Å². The van der Waals surface area contributed by atoms with E-state index in [1.165, 1.54) is 6.07 Å². The molecule has 0 radical (unpaired) electrons. The van der Waals surface area contributed by atoms with Gasteiger partial charge in [0.05, 0.1) is 5.56 Å². The summed E-state index contributed by atoms with van der Waals surface area (Å²) in [7, 11) is 0. The molecule has 0 atom stereocenters. The number of hydrogen-bond donors (Lipinski definition) is 1. The number of nitrogens with zero attached hydrogens (tertiary/aromatic N) is 2. The van der Waals surface area contributed by atoms with Crippen LogP contribution < -0.4 is 4.74 Å². The van der Waals surface area contributed by atoms with Gasteiger partial charge in [0.1, 0.15) is 11.5 Å². The summed E-state index contributed by atoms with van der Waals surface area (Å²) in [5, 5.41) is 9.80. The number of hydrogen-bond acceptors (Lipinski definition) is 4. The third kappa shape index (κ3) is 4.09. The zero-order chi connectivity index (χ0) is 17.6. The topological polar surface area (TPSA) is 70.1 Å². The number of carbonyl (C=O) groups is 2. The second-order valence-electron chi connectivity index (χ2n) is 5.79. The molecule has 0 bridgehead atoms. The maximum atomic E-state index is 12.4. The Bertz CT molecular complexity index is 740. The Morgan fingerprint density at radius 2 is 1.48 bits per heavy atom. The molecule has 0 aliphatic carbocycles. The molecule has 0 unspecified atom stereocenters. The predicted octanol–water partition coefficient (Wildman–Crippen LogP) is 1.76. The summed E-state index contributed by atoms with van der Waals surface area (Å²) >= 11 is 0. The summed E-state index contributed by atoms with van der Waals surface area (Å²) in [4.78, 5) is 28.0. The third-order valence-electron chi connectivity index (χ3n) is 4.16. The number of benzene rings is 2. The van der Waals surface area contributed by atoms with Crippen LogP contribution in [-0.2, 0) is 4.79 Å². The Balaban J connectivity index is 1.50. The van der Waals surface area contributed by atoms with E-state index < -0.39 is 0 Å². The highest BCUT2D eigenvalue weighted by atomic mass is 16.5. The number of amides is 2. The summed E-state index contributed by atoms with van der Waals surface area (Å²) in [5.41, 5.74) is 0.287. The first kappa shape index (κ1) is 16.8. The second-order valence-corrected chi connectivity index (χ2v) is 5.79. The van der Waals surface area contributed by atoms with Crippen LogP contribution in [0.2, 0.25) is 0 Å². The summed E-state index contributed by atoms with van der Waals surface area (Å²) < 4.78 is 5.48. The van der Waals surface area contributed by atoms with Crippen molar-refractivity contribution in [3.8, 4) is 11.5 Å². The van der Waals surface area contributed by atoms with Crippen molar-refractivity contribution in [3.05, 3.63) is 60.2 Å². The first-order valence-electron chi connectivity index (χ1n) is 8.18. The normalized spacial score (nSPS) is 14.2. The van der Waals surface area contributed by atoms with Gasteiger partial charge in [-0.2, -0.15) is 0 Å². The Kier molecular flexibility index (Phi) is 5.18. The van der Waals surface area contributed by atoms with E-state index in [1.807, 2.05) is 18.2 Å². The van der Waals surface area contributed by atoms with E-state index in [1.54, 1.807) is 40.1 Å². The van der Waals surface area contributed by atoms with Crippen molar-refractivity contribution in [2.75, 3.05) is 32.8 Å². The molecule has 0 saturated carbocycles. The molecule has 1 aliphatic rings. The first-order chi connectivity index (χ1) is 12.1. The van der Waals surface area contributed by atoms with Crippen molar-refractivity contribution in [1.82, 2.24) is 9.80 Å². The molecule has 3 rings (SSSR count). The minimum Gasteiger partial charge on any atom is -0.507 e. The van der Waals surface area contributed by atoms with Crippen LogP contribution in [0.5, 0.6) is 11.5 Å². The highest BCUT2D eigenvalue weighted by Crippen LogP contribution is 2.19. The second kappa shape index (κ2) is 7.70. The molecule has 1 heterocycles. The molecule has 130 valence electrons. The van der Waals surface area contributed by atoms with E-state index >= 15 is 0 Å². The maximum absolute atomic E-state index is 12.4. The van der Waals surface area contributed by atoms with Crippen LogP contribution in [0, 0.1) is 0 Å². The molecule has 0 spiro atoms. The van der Waals surface area contributed by atoms with Gasteiger partial charge < -0.3 is 19.6 Å². The van der Waals surface area contributed by atoms with Crippen LogP contribution >= 0.6 is 0 Å². The number of rotatable bonds is 4. The molecular formula is C19H20N2O4. The zero-order valence-corrected chi connectivity index (χ0v) is 13.8. The van der Waals surface area contributed by atoms with Gasteiger partial charge in [-0.1, -0.05) is 30.3 Å². The quantitative estimate of drug-likeness (QED) is 0.921. The van der Waals surface area contributed by atoms with Gasteiger partial charge in [0.15, 0.2) is 6.61 Å². The lowest BCUT2D eigenvalue weighted by Gasteiger charge is -2.34. The average molecular weight is 340 g/mol. The molecule has 1 saturated heterocycles. The van der Waals surface area contributed by atoms with Crippen LogP contribution in [0.15, 0.2) is 54.6 Å². The van der Waals surface area contributed by atoms with Gasteiger partial charge in [-0.15, -0.1) is 0 Å². The predicted molar refractivity (Wildman–Crippen MR) is 92.5 cm³/mol. The lowest BCUT2D eigenvalue weighted by Crippen LogP contribution is -2.51. The van der Waals surface area contributed by atoms with E-state index in [9.17, 15) is 14.7 Å². The van der Waals surface area contributed by atoms with E-state index in [0.717, 1.165) is 0 Å². The lowest BCUT2D eigenvalue weighted by molar-refractivity contribution is -0.134. The molecule has 2 aromatic rings. The maximum Gasteiger partial charge on any atom is 0.260 e. The number of aromatic hydroxyl groups is 1. The van der Waals surface area contributed by atoms with Gasteiger partial charge in [-0.3, -0.25) is 9.59 Å². The molecule has 0 aromatic heterocycles. The molecule has 1 N–H and O–H groups in total. The van der Waals surface area contributed by atoms with Crippen LogP contribution in [0.3, 0.4) is 0 Å². The molecule has 6 heteroatoms. The van der Waals surface area contributed by atoms with Crippen molar-refractivity contribution in [3.63, 3.8) is 0 Å². The smallest absolute Gasteiger partial charge is 0.260 e. The van der Waals surface area contributed by atoms with Gasteiger partial charge in [0.25, 0.3) is 11.8 Å². The van der Waals surface area contributed by atoms with Gasteiger partial charge >= 0.3 is 0 Å². The van der Waals surface area contributed by atoms with E-state index in [-0.39, 0.29) is 29.7 Å². The minimum atomic E-state index is -0.217. The fourth-order valence-electron chi connectivity index (χ4n) is 2.74. The Hall–Kier alpha value is -3.02. The molecule has 25 heavy (non-hydrogen) atoms. The summed E-state index contributed by atoms with van der Waals surface area (Å²) in [6, 6.07) is 15.7. The minimum absolute atomic E-state index is 0.0164. The number of phenols is 1. The first-order valence-corrected chi connectivity index (χ1v) is 8.18. The van der Waals surface area contributed by atoms with Crippen molar-refractivity contribution in [1.29, 1.82) is 0 Å². The lowest BCUT2D eigenvalue weighted by atomic mass is 10.1. The number of carbonyl (C=O) groups excluding carboxylic acids is 2. The highest BCUT2D eigenvalue weighted by Gasteiger charge is 2.26. The zero-order valence-electron chi connectivity index (χ0n) is 13.8. The molecule has 1 aliphatic heterocycles. The summed E-state index contributed by atoms with van der Waals surface area (Å²) in [6.07, 6.45) is 0. The SMILES string of the molecule is O=C(COc1ccccc1)N1CCN(C(=O)c2ccccc2O)CC1. The van der Waals surface area contributed by atoms with Gasteiger partial charge in [-0.25, -0.2) is 0 Å². The largest absolute Gasteiger partial charge is 0.507 e. The van der Waals surface area contributed by atoms with Crippen LogP contribution in [0.1, 0.15) is 10.4 Å². The number of ether oxygens (including phenoxy) is 1. The van der Waals surface area contributed by atoms with Gasteiger partial charge in [0.2, 0.25) is 0 Å². The van der Waals surface area contributed by atoms with Crippen LogP contribution in [0.4, 0.5) is 0 Å². The number of phenolic OH excluding ortho intramolecular Hbond substituents is 1. The number of piperazine rings is 1. The van der Waals surface area contributed by atoms with Crippen molar-refractivity contribution >= 4 is 11.8 Å². The molecular weight excluding hydrogens is 320 g/mol. The van der Waals surface area contributed by atoms with Crippen molar-refractivity contribution in [2.45, 2.75) is 0 Å². The molecule has 1 fully saturated rings. The molecule has 2 aromatic carbocycles. The van der Waals surface area contributed by atoms with Crippen LogP contribution in [-0.4, -0.2) is 59.5 Å². The highest BCUT2D eigenvalue weighted by molar-refractivity contribution is 5.97. The Labute approximate surface area is 146 Å². The van der Waals surface area contributed by atoms with E-state index in [2.05, 4.69) is 0 Å². The summed E-state index contributed by atoms with van der Waals surface area (Å²) in [5.74, 6) is 0.315. The fraction of sp³-hybridized carbons (Fsp3) is 0.263. The molecule has 2 amide bonds. The Morgan fingerprint density at radius 3 is 2.16 bits per heavy atom. The van der Waals surface area contributed by atoms with Crippen molar-refractivity contribution in [2.24, 2.45) is 0 Å². The number of para-hydroxylation sites is 2. The standard InChI is InChI=1S/C19H20N2O4/c22-17-9-5-4-8-16(17)19(24)21-12-10-20(11-13-21)18(23)14-25-15-6-2-1-3-7-15/h1-9,22H,10-14H2. The molecule has 6 nitrogen and oxygen atoms in total. The van der Waals surface area contributed by atoms with Gasteiger partial charge in [0, 0.05) is 26.2 Å². The third-order valence-corrected chi connectivity index (χ3v) is 4.16. The summed E-state index contributed by atoms with van der Waals surface area (Å²) in [6.45, 7) is 1.76. The average Bonchev–Trinajstić information content (AvgIpc) is 2.67. The van der Waals surface area contributed by atoms with E-state index in [4.69, 9.17) is 4.74 Å².